The number of rotatable bonds is 3. The normalized spacial score (nSPS) is 10.6. The summed E-state index contributed by atoms with van der Waals surface area (Å²) < 4.78 is 6.44. The Labute approximate surface area is 140 Å². The van der Waals surface area contributed by atoms with Gasteiger partial charge in [-0.1, -0.05) is 39.7 Å². The highest BCUT2D eigenvalue weighted by atomic mass is 79.9. The average molecular weight is 381 g/mol. The van der Waals surface area contributed by atoms with E-state index in [2.05, 4.69) is 15.9 Å². The van der Waals surface area contributed by atoms with E-state index < -0.39 is 0 Å². The van der Waals surface area contributed by atoms with Crippen molar-refractivity contribution in [2.24, 2.45) is 0 Å². The van der Waals surface area contributed by atoms with Gasteiger partial charge in [0.1, 0.15) is 10.8 Å². The Bertz CT molecular complexity index is 770. The lowest BCUT2D eigenvalue weighted by Crippen LogP contribution is -1.87. The van der Waals surface area contributed by atoms with E-state index in [1.54, 1.807) is 24.5 Å². The highest BCUT2D eigenvalue weighted by Gasteiger charge is 2.11. The van der Waals surface area contributed by atoms with Gasteiger partial charge in [-0.25, -0.2) is 4.98 Å². The van der Waals surface area contributed by atoms with E-state index in [1.807, 2.05) is 41.8 Å². The molecule has 5 heteroatoms. The minimum Gasteiger partial charge on any atom is -0.496 e. The topological polar surface area (TPSA) is 22.1 Å². The van der Waals surface area contributed by atoms with Gasteiger partial charge in [0, 0.05) is 20.4 Å². The summed E-state index contributed by atoms with van der Waals surface area (Å²) in [7, 11) is 1.64. The van der Waals surface area contributed by atoms with Gasteiger partial charge in [-0.15, -0.1) is 11.3 Å². The van der Waals surface area contributed by atoms with E-state index in [1.165, 1.54) is 0 Å². The minimum absolute atomic E-state index is 0.653. The lowest BCUT2D eigenvalue weighted by Gasteiger charge is -2.06. The van der Waals surface area contributed by atoms with Crippen molar-refractivity contribution in [3.05, 3.63) is 57.3 Å². The molecule has 0 amide bonds. The molecule has 0 bridgehead atoms. The number of methoxy groups -OCH3 is 1. The van der Waals surface area contributed by atoms with E-state index >= 15 is 0 Å². The van der Waals surface area contributed by atoms with Crippen LogP contribution in [0.3, 0.4) is 0 Å². The minimum atomic E-state index is 0.653. The third-order valence-corrected chi connectivity index (χ3v) is 4.68. The summed E-state index contributed by atoms with van der Waals surface area (Å²) in [6, 6.07) is 13.7. The first-order chi connectivity index (χ1) is 10.2. The van der Waals surface area contributed by atoms with Gasteiger partial charge in [0.15, 0.2) is 0 Å². The lowest BCUT2D eigenvalue weighted by atomic mass is 10.2. The molecule has 0 aliphatic carbocycles. The number of nitrogens with zero attached hydrogens (tertiary/aromatic N) is 1. The van der Waals surface area contributed by atoms with Gasteiger partial charge in [0.05, 0.1) is 18.4 Å². The zero-order valence-electron chi connectivity index (χ0n) is 11.1. The van der Waals surface area contributed by atoms with Crippen LogP contribution in [-0.2, 0) is 0 Å². The van der Waals surface area contributed by atoms with E-state index in [0.29, 0.717) is 5.02 Å². The molecule has 1 heterocycles. The second-order valence-electron chi connectivity index (χ2n) is 4.39. The monoisotopic (exact) mass is 379 g/mol. The fourth-order valence-corrected chi connectivity index (χ4v) is 3.28. The summed E-state index contributed by atoms with van der Waals surface area (Å²) >= 11 is 11.0. The summed E-state index contributed by atoms with van der Waals surface area (Å²) in [6.07, 6.45) is 0. The molecule has 0 saturated carbocycles. The molecule has 0 spiro atoms. The van der Waals surface area contributed by atoms with Crippen LogP contribution in [0, 0.1) is 0 Å². The van der Waals surface area contributed by atoms with E-state index in [4.69, 9.17) is 21.3 Å². The standard InChI is InChI=1S/C16H11BrClNOS/c1-20-15-8-12(18)6-7-13(15)16-19-14(9-21-16)10-2-4-11(17)5-3-10/h2-9H,1H3. The van der Waals surface area contributed by atoms with Gasteiger partial charge in [-0.2, -0.15) is 0 Å². The molecule has 2 aromatic carbocycles. The summed E-state index contributed by atoms with van der Waals surface area (Å²) in [6.45, 7) is 0. The summed E-state index contributed by atoms with van der Waals surface area (Å²) in [5.74, 6) is 0.735. The predicted octanol–water partition coefficient (Wildman–Crippen LogP) is 5.90. The molecule has 0 aliphatic heterocycles. The molecular formula is C16H11BrClNOS. The number of benzene rings is 2. The number of ether oxygens (including phenoxy) is 1. The lowest BCUT2D eigenvalue weighted by molar-refractivity contribution is 0.416. The Kier molecular flexibility index (Phi) is 4.29. The molecule has 3 aromatic rings. The van der Waals surface area contributed by atoms with Crippen molar-refractivity contribution >= 4 is 38.9 Å². The Balaban J connectivity index is 2.00. The van der Waals surface area contributed by atoms with Crippen LogP contribution in [0.25, 0.3) is 21.8 Å². The second-order valence-corrected chi connectivity index (χ2v) is 6.60. The third-order valence-electron chi connectivity index (χ3n) is 3.04. The Morgan fingerprint density at radius 1 is 1.14 bits per heavy atom. The third kappa shape index (κ3) is 3.12. The van der Waals surface area contributed by atoms with E-state index in [9.17, 15) is 0 Å². The van der Waals surface area contributed by atoms with Gasteiger partial charge in [-0.05, 0) is 30.3 Å². The van der Waals surface area contributed by atoms with Crippen LogP contribution in [0.2, 0.25) is 5.02 Å². The zero-order valence-corrected chi connectivity index (χ0v) is 14.3. The molecule has 0 atom stereocenters. The van der Waals surface area contributed by atoms with Crippen molar-refractivity contribution in [1.29, 1.82) is 0 Å². The van der Waals surface area contributed by atoms with Crippen LogP contribution in [0.4, 0.5) is 0 Å². The van der Waals surface area contributed by atoms with Crippen molar-refractivity contribution in [2.75, 3.05) is 7.11 Å². The molecule has 0 aliphatic rings. The molecule has 106 valence electrons. The number of aromatic nitrogens is 1. The molecule has 1 aromatic heterocycles. The van der Waals surface area contributed by atoms with Crippen molar-refractivity contribution in [3.8, 4) is 27.6 Å². The van der Waals surface area contributed by atoms with Crippen LogP contribution in [-0.4, -0.2) is 12.1 Å². The Morgan fingerprint density at radius 2 is 1.90 bits per heavy atom. The van der Waals surface area contributed by atoms with Gasteiger partial charge in [0.2, 0.25) is 0 Å². The number of halogens is 2. The highest BCUT2D eigenvalue weighted by Crippen LogP contribution is 2.36. The molecule has 0 fully saturated rings. The number of hydrogen-bond acceptors (Lipinski definition) is 3. The molecular weight excluding hydrogens is 370 g/mol. The molecule has 0 unspecified atom stereocenters. The molecule has 3 rings (SSSR count). The maximum atomic E-state index is 6.00. The maximum absolute atomic E-state index is 6.00. The van der Waals surface area contributed by atoms with Gasteiger partial charge < -0.3 is 4.74 Å². The number of thiazole rings is 1. The Morgan fingerprint density at radius 3 is 2.62 bits per heavy atom. The van der Waals surface area contributed by atoms with E-state index in [0.717, 1.165) is 32.1 Å². The van der Waals surface area contributed by atoms with E-state index in [-0.39, 0.29) is 0 Å². The predicted molar refractivity (Wildman–Crippen MR) is 92.2 cm³/mol. The SMILES string of the molecule is COc1cc(Cl)ccc1-c1nc(-c2ccc(Br)cc2)cs1. The van der Waals surface area contributed by atoms with Crippen LogP contribution in [0.5, 0.6) is 5.75 Å². The fourth-order valence-electron chi connectivity index (χ4n) is 1.99. The van der Waals surface area contributed by atoms with Gasteiger partial charge >= 0.3 is 0 Å². The molecule has 0 N–H and O–H groups in total. The maximum Gasteiger partial charge on any atom is 0.130 e. The van der Waals surface area contributed by atoms with Crippen LogP contribution < -0.4 is 4.74 Å². The van der Waals surface area contributed by atoms with Crippen molar-refractivity contribution in [3.63, 3.8) is 0 Å². The second kappa shape index (κ2) is 6.18. The number of hydrogen-bond donors (Lipinski definition) is 0. The molecule has 0 saturated heterocycles. The van der Waals surface area contributed by atoms with Crippen LogP contribution >= 0.6 is 38.9 Å². The highest BCUT2D eigenvalue weighted by molar-refractivity contribution is 9.10. The van der Waals surface area contributed by atoms with Gasteiger partial charge in [-0.3, -0.25) is 0 Å². The summed E-state index contributed by atoms with van der Waals surface area (Å²) in [4.78, 5) is 4.70. The quantitative estimate of drug-likeness (QED) is 0.564. The smallest absolute Gasteiger partial charge is 0.130 e. The largest absolute Gasteiger partial charge is 0.496 e. The van der Waals surface area contributed by atoms with Crippen LogP contribution in [0.15, 0.2) is 52.3 Å². The Hall–Kier alpha value is -1.36. The average Bonchev–Trinajstić information content (AvgIpc) is 2.97. The first kappa shape index (κ1) is 14.6. The summed E-state index contributed by atoms with van der Waals surface area (Å²) in [5, 5.41) is 3.62. The first-order valence-corrected chi connectivity index (χ1v) is 8.28. The first-order valence-electron chi connectivity index (χ1n) is 6.23. The zero-order chi connectivity index (χ0) is 14.8. The summed E-state index contributed by atoms with van der Waals surface area (Å²) in [5.41, 5.74) is 3.00. The van der Waals surface area contributed by atoms with Gasteiger partial charge in [0.25, 0.3) is 0 Å². The van der Waals surface area contributed by atoms with Crippen LogP contribution in [0.1, 0.15) is 0 Å². The molecule has 0 radical (unpaired) electrons. The van der Waals surface area contributed by atoms with Crippen molar-refractivity contribution in [1.82, 2.24) is 4.98 Å². The van der Waals surface area contributed by atoms with Crippen molar-refractivity contribution < 1.29 is 4.74 Å². The van der Waals surface area contributed by atoms with Crippen molar-refractivity contribution in [2.45, 2.75) is 0 Å². The molecule has 21 heavy (non-hydrogen) atoms. The molecule has 2 nitrogen and oxygen atoms in total. The fraction of sp³-hybridized carbons (Fsp3) is 0.0625.